The van der Waals surface area contributed by atoms with E-state index in [2.05, 4.69) is 21.2 Å². The van der Waals surface area contributed by atoms with Crippen LogP contribution in [0.15, 0.2) is 53.0 Å². The molecule has 1 fully saturated rings. The standard InChI is InChI=1S/C22H24BrN3O3/c23-16-7-6-8-17(13-16)24-21(27)15-26-14-20(22(28)25-11-4-1-5-12-25)29-19-10-3-2-9-18(19)26/h2-3,6-10,13,20H,1,4-5,11-12,14-15H2,(H,24,27)/t20-/m1/s1. The fourth-order valence-electron chi connectivity index (χ4n) is 3.84. The number of hydrogen-bond donors (Lipinski definition) is 1. The van der Waals surface area contributed by atoms with Gasteiger partial charge in [0.15, 0.2) is 6.10 Å². The second kappa shape index (κ2) is 8.86. The molecule has 0 unspecified atom stereocenters. The molecule has 2 aliphatic heterocycles. The fourth-order valence-corrected chi connectivity index (χ4v) is 4.24. The van der Waals surface area contributed by atoms with Crippen molar-refractivity contribution in [3.8, 4) is 5.75 Å². The van der Waals surface area contributed by atoms with Crippen LogP contribution in [0.2, 0.25) is 0 Å². The quantitative estimate of drug-likeness (QED) is 0.760. The smallest absolute Gasteiger partial charge is 0.265 e. The molecule has 2 aliphatic rings. The summed E-state index contributed by atoms with van der Waals surface area (Å²) in [5.74, 6) is 0.518. The number of rotatable bonds is 4. The summed E-state index contributed by atoms with van der Waals surface area (Å²) < 4.78 is 6.92. The maximum atomic E-state index is 13.0. The lowest BCUT2D eigenvalue weighted by Gasteiger charge is -2.38. The topological polar surface area (TPSA) is 61.9 Å². The van der Waals surface area contributed by atoms with Gasteiger partial charge < -0.3 is 19.9 Å². The molecule has 0 spiro atoms. The molecule has 7 heteroatoms. The van der Waals surface area contributed by atoms with E-state index in [-0.39, 0.29) is 18.4 Å². The summed E-state index contributed by atoms with van der Waals surface area (Å²) in [6, 6.07) is 15.0. The van der Waals surface area contributed by atoms with E-state index in [4.69, 9.17) is 4.74 Å². The van der Waals surface area contributed by atoms with Crippen LogP contribution in [0.4, 0.5) is 11.4 Å². The Morgan fingerprint density at radius 2 is 1.86 bits per heavy atom. The monoisotopic (exact) mass is 457 g/mol. The lowest BCUT2D eigenvalue weighted by molar-refractivity contribution is -0.139. The maximum absolute atomic E-state index is 13.0. The average molecular weight is 458 g/mol. The van der Waals surface area contributed by atoms with Crippen LogP contribution in [-0.2, 0) is 9.59 Å². The summed E-state index contributed by atoms with van der Waals surface area (Å²) in [5, 5.41) is 2.92. The number of fused-ring (bicyclic) bond motifs is 1. The minimum Gasteiger partial charge on any atom is -0.477 e. The summed E-state index contributed by atoms with van der Waals surface area (Å²) in [6.07, 6.45) is 2.64. The van der Waals surface area contributed by atoms with E-state index in [1.165, 1.54) is 6.42 Å². The molecule has 2 heterocycles. The van der Waals surface area contributed by atoms with E-state index in [1.807, 2.05) is 58.3 Å². The predicted octanol–water partition coefficient (Wildman–Crippen LogP) is 3.67. The molecule has 152 valence electrons. The Morgan fingerprint density at radius 1 is 1.07 bits per heavy atom. The second-order valence-electron chi connectivity index (χ2n) is 7.40. The molecule has 0 aromatic heterocycles. The van der Waals surface area contributed by atoms with Gasteiger partial charge in [-0.15, -0.1) is 0 Å². The first-order valence-corrected chi connectivity index (χ1v) is 10.7. The van der Waals surface area contributed by atoms with Crippen molar-refractivity contribution < 1.29 is 14.3 Å². The Morgan fingerprint density at radius 3 is 2.66 bits per heavy atom. The van der Waals surface area contributed by atoms with Crippen LogP contribution < -0.4 is 15.0 Å². The molecule has 0 aliphatic carbocycles. The van der Waals surface area contributed by atoms with Crippen LogP contribution in [0.1, 0.15) is 19.3 Å². The Kier molecular flexibility index (Phi) is 6.04. The van der Waals surface area contributed by atoms with Crippen molar-refractivity contribution in [2.75, 3.05) is 36.4 Å². The lowest BCUT2D eigenvalue weighted by Crippen LogP contribution is -2.52. The molecule has 2 aromatic carbocycles. The first kappa shape index (κ1) is 19.8. The van der Waals surface area contributed by atoms with Crippen molar-refractivity contribution in [1.82, 2.24) is 4.90 Å². The number of halogens is 1. The van der Waals surface area contributed by atoms with Crippen LogP contribution in [0, 0.1) is 0 Å². The van der Waals surface area contributed by atoms with Crippen molar-refractivity contribution in [3.63, 3.8) is 0 Å². The highest BCUT2D eigenvalue weighted by Gasteiger charge is 2.34. The SMILES string of the molecule is O=C(CN1C[C@H](C(=O)N2CCCCC2)Oc2ccccc21)Nc1cccc(Br)c1. The number of likely N-dealkylation sites (tertiary alicyclic amines) is 1. The van der Waals surface area contributed by atoms with Gasteiger partial charge in [-0.1, -0.05) is 34.1 Å². The number of carbonyl (C=O) groups excluding carboxylic acids is 2. The highest BCUT2D eigenvalue weighted by molar-refractivity contribution is 9.10. The third-order valence-electron chi connectivity index (χ3n) is 5.25. The van der Waals surface area contributed by atoms with Crippen LogP contribution in [0.5, 0.6) is 5.75 Å². The van der Waals surface area contributed by atoms with E-state index < -0.39 is 6.10 Å². The molecule has 6 nitrogen and oxygen atoms in total. The molecule has 4 rings (SSSR count). The Labute approximate surface area is 178 Å². The van der Waals surface area contributed by atoms with Gasteiger partial charge in [-0.05, 0) is 49.6 Å². The van der Waals surface area contributed by atoms with Gasteiger partial charge in [-0.3, -0.25) is 9.59 Å². The van der Waals surface area contributed by atoms with E-state index in [1.54, 1.807) is 0 Å². The minimum absolute atomic E-state index is 0.0107. The molecule has 1 saturated heterocycles. The van der Waals surface area contributed by atoms with Crippen molar-refractivity contribution in [2.24, 2.45) is 0 Å². The third kappa shape index (κ3) is 4.72. The number of anilines is 2. The van der Waals surface area contributed by atoms with E-state index >= 15 is 0 Å². The average Bonchev–Trinajstić information content (AvgIpc) is 2.73. The van der Waals surface area contributed by atoms with Gasteiger partial charge in [-0.25, -0.2) is 0 Å². The Balaban J connectivity index is 1.48. The van der Waals surface area contributed by atoms with Gasteiger partial charge in [0, 0.05) is 23.2 Å². The summed E-state index contributed by atoms with van der Waals surface area (Å²) in [4.78, 5) is 29.5. The Hall–Kier alpha value is -2.54. The van der Waals surface area contributed by atoms with E-state index in [0.717, 1.165) is 41.8 Å². The first-order chi connectivity index (χ1) is 14.1. The van der Waals surface area contributed by atoms with Crippen LogP contribution in [0.25, 0.3) is 0 Å². The zero-order chi connectivity index (χ0) is 20.2. The van der Waals surface area contributed by atoms with Gasteiger partial charge in [0.2, 0.25) is 5.91 Å². The predicted molar refractivity (Wildman–Crippen MR) is 116 cm³/mol. The minimum atomic E-state index is -0.596. The molecule has 2 amide bonds. The zero-order valence-corrected chi connectivity index (χ0v) is 17.7. The summed E-state index contributed by atoms with van der Waals surface area (Å²) >= 11 is 3.41. The second-order valence-corrected chi connectivity index (χ2v) is 8.31. The molecule has 1 N–H and O–H groups in total. The third-order valence-corrected chi connectivity index (χ3v) is 5.74. The maximum Gasteiger partial charge on any atom is 0.265 e. The normalized spacial score (nSPS) is 18.6. The molecule has 1 atom stereocenters. The first-order valence-electron chi connectivity index (χ1n) is 9.95. The lowest BCUT2D eigenvalue weighted by atomic mass is 10.1. The molecule has 0 radical (unpaired) electrons. The number of ether oxygens (including phenoxy) is 1. The van der Waals surface area contributed by atoms with Crippen LogP contribution in [0.3, 0.4) is 0 Å². The molecule has 2 aromatic rings. The fraction of sp³-hybridized carbons (Fsp3) is 0.364. The van der Waals surface area contributed by atoms with Crippen molar-refractivity contribution >= 4 is 39.1 Å². The van der Waals surface area contributed by atoms with E-state index in [0.29, 0.717) is 12.3 Å². The largest absolute Gasteiger partial charge is 0.477 e. The molecule has 29 heavy (non-hydrogen) atoms. The summed E-state index contributed by atoms with van der Waals surface area (Å²) in [6.45, 7) is 2.07. The number of benzene rings is 2. The van der Waals surface area contributed by atoms with Crippen LogP contribution in [-0.4, -0.2) is 49.0 Å². The number of piperidine rings is 1. The van der Waals surface area contributed by atoms with Crippen molar-refractivity contribution in [1.29, 1.82) is 0 Å². The number of nitrogens with one attached hydrogen (secondary N) is 1. The number of para-hydroxylation sites is 2. The number of amides is 2. The van der Waals surface area contributed by atoms with Crippen LogP contribution >= 0.6 is 15.9 Å². The summed E-state index contributed by atoms with van der Waals surface area (Å²) in [5.41, 5.74) is 1.56. The molecule has 0 saturated carbocycles. The van der Waals surface area contributed by atoms with Gasteiger partial charge in [-0.2, -0.15) is 0 Å². The molecular weight excluding hydrogens is 434 g/mol. The van der Waals surface area contributed by atoms with Crippen molar-refractivity contribution in [2.45, 2.75) is 25.4 Å². The van der Waals surface area contributed by atoms with Gasteiger partial charge in [0.1, 0.15) is 5.75 Å². The summed E-state index contributed by atoms with van der Waals surface area (Å²) in [7, 11) is 0. The van der Waals surface area contributed by atoms with Gasteiger partial charge >= 0.3 is 0 Å². The number of hydrogen-bond acceptors (Lipinski definition) is 4. The number of carbonyl (C=O) groups is 2. The zero-order valence-electron chi connectivity index (χ0n) is 16.1. The van der Waals surface area contributed by atoms with Gasteiger partial charge in [0.25, 0.3) is 5.91 Å². The highest BCUT2D eigenvalue weighted by atomic mass is 79.9. The number of nitrogens with zero attached hydrogens (tertiary/aromatic N) is 2. The Bertz CT molecular complexity index is 898. The van der Waals surface area contributed by atoms with Crippen molar-refractivity contribution in [3.05, 3.63) is 53.0 Å². The van der Waals surface area contributed by atoms with E-state index in [9.17, 15) is 9.59 Å². The molecule has 0 bridgehead atoms. The molecular formula is C22H24BrN3O3. The van der Waals surface area contributed by atoms with Gasteiger partial charge in [0.05, 0.1) is 18.8 Å². The highest BCUT2D eigenvalue weighted by Crippen LogP contribution is 2.33.